The minimum absolute atomic E-state index is 0.0722. The highest BCUT2D eigenvalue weighted by Crippen LogP contribution is 2.38. The fourth-order valence-electron chi connectivity index (χ4n) is 2.42. The van der Waals surface area contributed by atoms with E-state index >= 15 is 0 Å². The first kappa shape index (κ1) is 21.6. The van der Waals surface area contributed by atoms with Gasteiger partial charge in [-0.05, 0) is 42.3 Å². The van der Waals surface area contributed by atoms with Crippen molar-refractivity contribution < 1.29 is 22.6 Å². The molecule has 9 heteroatoms. The van der Waals surface area contributed by atoms with Gasteiger partial charge in [0, 0.05) is 6.54 Å². The number of nitrogens with one attached hydrogen (secondary N) is 1. The van der Waals surface area contributed by atoms with E-state index in [9.17, 15) is 8.42 Å². The minimum Gasteiger partial charge on any atom is -0.493 e. The van der Waals surface area contributed by atoms with Gasteiger partial charge in [0.25, 0.3) is 0 Å². The Balaban J connectivity index is 2.15. The molecule has 2 rings (SSSR count). The van der Waals surface area contributed by atoms with Gasteiger partial charge in [0.15, 0.2) is 11.5 Å². The van der Waals surface area contributed by atoms with Crippen molar-refractivity contribution in [3.05, 3.63) is 51.5 Å². The third-order valence-electron chi connectivity index (χ3n) is 3.65. The molecule has 0 saturated carbocycles. The number of rotatable bonds is 9. The number of hydrogen-bond donors (Lipinski definition) is 1. The molecule has 0 aromatic heterocycles. The summed E-state index contributed by atoms with van der Waals surface area (Å²) in [5.74, 6) is 1.20. The van der Waals surface area contributed by atoms with E-state index in [1.807, 2.05) is 6.92 Å². The first-order valence-corrected chi connectivity index (χ1v) is 10.5. The lowest BCUT2D eigenvalue weighted by Gasteiger charge is -2.15. The molecule has 0 atom stereocenters. The average molecular weight is 434 g/mol. The lowest BCUT2D eigenvalue weighted by atomic mass is 10.2. The SMILES string of the molecule is CCOc1c(OC)cc(CNS(=O)(=O)Cc2ccc(Cl)c(Cl)c2)cc1OC. The normalized spacial score (nSPS) is 11.3. The van der Waals surface area contributed by atoms with E-state index in [0.29, 0.717) is 45.0 Å². The van der Waals surface area contributed by atoms with Crippen LogP contribution in [0.15, 0.2) is 30.3 Å². The fraction of sp³-hybridized carbons (Fsp3) is 0.333. The topological polar surface area (TPSA) is 73.9 Å². The number of sulfonamides is 1. The first-order chi connectivity index (χ1) is 12.8. The number of methoxy groups -OCH3 is 2. The molecular weight excluding hydrogens is 413 g/mol. The monoisotopic (exact) mass is 433 g/mol. The van der Waals surface area contributed by atoms with Gasteiger partial charge in [-0.1, -0.05) is 29.3 Å². The Hall–Kier alpha value is -1.67. The van der Waals surface area contributed by atoms with Crippen LogP contribution in [0.3, 0.4) is 0 Å². The molecule has 0 amide bonds. The summed E-state index contributed by atoms with van der Waals surface area (Å²) in [5.41, 5.74) is 1.21. The molecular formula is C18H21Cl2NO5S. The lowest BCUT2D eigenvalue weighted by Crippen LogP contribution is -2.24. The molecule has 2 aromatic rings. The van der Waals surface area contributed by atoms with Crippen molar-refractivity contribution in [3.63, 3.8) is 0 Å². The second kappa shape index (κ2) is 9.50. The Morgan fingerprint density at radius 1 is 0.963 bits per heavy atom. The first-order valence-electron chi connectivity index (χ1n) is 8.08. The maximum absolute atomic E-state index is 12.4. The van der Waals surface area contributed by atoms with Crippen LogP contribution in [0.4, 0.5) is 0 Å². The summed E-state index contributed by atoms with van der Waals surface area (Å²) in [6.07, 6.45) is 0. The van der Waals surface area contributed by atoms with Crippen LogP contribution in [0, 0.1) is 0 Å². The summed E-state index contributed by atoms with van der Waals surface area (Å²) in [4.78, 5) is 0. The minimum atomic E-state index is -3.59. The van der Waals surface area contributed by atoms with Crippen molar-refractivity contribution in [2.75, 3.05) is 20.8 Å². The van der Waals surface area contributed by atoms with E-state index in [4.69, 9.17) is 37.4 Å². The highest BCUT2D eigenvalue weighted by molar-refractivity contribution is 7.88. The van der Waals surface area contributed by atoms with Crippen LogP contribution >= 0.6 is 23.2 Å². The molecule has 0 spiro atoms. The van der Waals surface area contributed by atoms with E-state index in [1.54, 1.807) is 24.3 Å². The van der Waals surface area contributed by atoms with Gasteiger partial charge in [-0.2, -0.15) is 0 Å². The summed E-state index contributed by atoms with van der Waals surface area (Å²) >= 11 is 11.8. The van der Waals surface area contributed by atoms with Crippen LogP contribution in [0.5, 0.6) is 17.2 Å². The summed E-state index contributed by atoms with van der Waals surface area (Å²) in [7, 11) is -0.568. The second-order valence-corrected chi connectivity index (χ2v) is 8.21. The summed E-state index contributed by atoms with van der Waals surface area (Å²) < 4.78 is 43.5. The third-order valence-corrected chi connectivity index (χ3v) is 5.68. The average Bonchev–Trinajstić information content (AvgIpc) is 2.63. The Kier molecular flexibility index (Phi) is 7.61. The fourth-order valence-corrected chi connectivity index (χ4v) is 3.84. The molecule has 2 aromatic carbocycles. The van der Waals surface area contributed by atoms with Gasteiger partial charge in [-0.3, -0.25) is 0 Å². The highest BCUT2D eigenvalue weighted by atomic mass is 35.5. The van der Waals surface area contributed by atoms with Gasteiger partial charge in [0.05, 0.1) is 36.6 Å². The molecule has 27 heavy (non-hydrogen) atoms. The van der Waals surface area contributed by atoms with Gasteiger partial charge in [-0.15, -0.1) is 0 Å². The van der Waals surface area contributed by atoms with Crippen molar-refractivity contribution in [3.8, 4) is 17.2 Å². The number of hydrogen-bond acceptors (Lipinski definition) is 5. The summed E-state index contributed by atoms with van der Waals surface area (Å²) in [5, 5.41) is 0.685. The lowest BCUT2D eigenvalue weighted by molar-refractivity contribution is 0.288. The Bertz CT molecular complexity index is 878. The molecule has 0 radical (unpaired) electrons. The van der Waals surface area contributed by atoms with Gasteiger partial charge in [-0.25, -0.2) is 13.1 Å². The van der Waals surface area contributed by atoms with Crippen molar-refractivity contribution >= 4 is 33.2 Å². The van der Waals surface area contributed by atoms with Crippen molar-refractivity contribution in [1.29, 1.82) is 0 Å². The molecule has 0 aliphatic rings. The Labute approximate surface area is 169 Å². The van der Waals surface area contributed by atoms with Gasteiger partial charge >= 0.3 is 0 Å². The summed E-state index contributed by atoms with van der Waals surface area (Å²) in [6, 6.07) is 8.13. The van der Waals surface area contributed by atoms with Gasteiger partial charge in [0.1, 0.15) is 0 Å². The van der Waals surface area contributed by atoms with E-state index in [-0.39, 0.29) is 12.3 Å². The Morgan fingerprint density at radius 3 is 2.11 bits per heavy atom. The zero-order chi connectivity index (χ0) is 20.0. The molecule has 1 N–H and O–H groups in total. The van der Waals surface area contributed by atoms with Gasteiger partial charge < -0.3 is 14.2 Å². The maximum atomic E-state index is 12.4. The van der Waals surface area contributed by atoms with Crippen LogP contribution in [-0.2, 0) is 22.3 Å². The van der Waals surface area contributed by atoms with Crippen molar-refractivity contribution in [1.82, 2.24) is 4.72 Å². The smallest absolute Gasteiger partial charge is 0.216 e. The molecule has 0 bridgehead atoms. The van der Waals surface area contributed by atoms with Crippen LogP contribution in [0.2, 0.25) is 10.0 Å². The van der Waals surface area contributed by atoms with E-state index in [0.717, 1.165) is 0 Å². The highest BCUT2D eigenvalue weighted by Gasteiger charge is 2.16. The van der Waals surface area contributed by atoms with E-state index in [1.165, 1.54) is 20.3 Å². The molecule has 0 heterocycles. The van der Waals surface area contributed by atoms with Crippen LogP contribution in [0.1, 0.15) is 18.1 Å². The molecule has 0 saturated heterocycles. The number of halogens is 2. The second-order valence-electron chi connectivity index (χ2n) is 5.59. The largest absolute Gasteiger partial charge is 0.493 e. The van der Waals surface area contributed by atoms with Crippen LogP contribution in [-0.4, -0.2) is 29.2 Å². The predicted octanol–water partition coefficient (Wildman–Crippen LogP) is 4.03. The molecule has 0 unspecified atom stereocenters. The molecule has 148 valence electrons. The van der Waals surface area contributed by atoms with Crippen molar-refractivity contribution in [2.45, 2.75) is 19.2 Å². The van der Waals surface area contributed by atoms with Crippen LogP contribution in [0.25, 0.3) is 0 Å². The standard InChI is InChI=1S/C18H21Cl2NO5S/c1-4-26-18-16(24-2)8-13(9-17(18)25-3)10-21-27(22,23)11-12-5-6-14(19)15(20)7-12/h5-9,21H,4,10-11H2,1-3H3. The van der Waals surface area contributed by atoms with Crippen molar-refractivity contribution in [2.24, 2.45) is 0 Å². The van der Waals surface area contributed by atoms with E-state index in [2.05, 4.69) is 4.72 Å². The molecule has 0 aliphatic heterocycles. The molecule has 0 fully saturated rings. The van der Waals surface area contributed by atoms with Gasteiger partial charge in [0.2, 0.25) is 15.8 Å². The maximum Gasteiger partial charge on any atom is 0.216 e. The summed E-state index contributed by atoms with van der Waals surface area (Å²) in [6.45, 7) is 2.37. The van der Waals surface area contributed by atoms with E-state index < -0.39 is 10.0 Å². The third kappa shape index (κ3) is 5.90. The Morgan fingerprint density at radius 2 is 1.59 bits per heavy atom. The zero-order valence-corrected chi connectivity index (χ0v) is 17.5. The zero-order valence-electron chi connectivity index (χ0n) is 15.2. The predicted molar refractivity (Wildman–Crippen MR) is 107 cm³/mol. The number of ether oxygens (including phenoxy) is 3. The molecule has 0 aliphatic carbocycles. The number of benzene rings is 2. The quantitative estimate of drug-likeness (QED) is 0.645. The van der Waals surface area contributed by atoms with Crippen LogP contribution < -0.4 is 18.9 Å². The molecule has 6 nitrogen and oxygen atoms in total.